The molecule has 0 spiro atoms. The first kappa shape index (κ1) is 21.0. The number of likely N-dealkylation sites (N-methyl/N-ethyl adjacent to an activating group) is 1. The summed E-state index contributed by atoms with van der Waals surface area (Å²) in [7, 11) is 3.71. The van der Waals surface area contributed by atoms with Crippen LogP contribution in [0.4, 0.5) is 5.69 Å². The van der Waals surface area contributed by atoms with Gasteiger partial charge in [0.05, 0.1) is 7.11 Å². The van der Waals surface area contributed by atoms with Gasteiger partial charge in [-0.1, -0.05) is 42.0 Å². The van der Waals surface area contributed by atoms with Gasteiger partial charge in [-0.3, -0.25) is 4.79 Å². The predicted octanol–water partition coefficient (Wildman–Crippen LogP) is 4.64. The molecule has 0 saturated heterocycles. The third-order valence-electron chi connectivity index (χ3n) is 4.59. The van der Waals surface area contributed by atoms with Crippen molar-refractivity contribution in [3.8, 4) is 11.5 Å². The highest BCUT2D eigenvalue weighted by molar-refractivity contribution is 6.30. The SMILES string of the molecule is COc1cc(/C=C/C2=CCN(C)CC2)ccc1OCC(=O)Nc1cccc(Cl)c1. The highest BCUT2D eigenvalue weighted by Gasteiger charge is 2.09. The van der Waals surface area contributed by atoms with E-state index in [1.165, 1.54) is 5.57 Å². The summed E-state index contributed by atoms with van der Waals surface area (Å²) in [5, 5.41) is 3.31. The molecule has 5 nitrogen and oxygen atoms in total. The molecule has 0 aliphatic carbocycles. The molecule has 0 radical (unpaired) electrons. The van der Waals surface area contributed by atoms with Gasteiger partial charge in [0.2, 0.25) is 0 Å². The van der Waals surface area contributed by atoms with E-state index in [1.807, 2.05) is 18.2 Å². The van der Waals surface area contributed by atoms with Gasteiger partial charge in [-0.2, -0.15) is 0 Å². The fraction of sp³-hybridized carbons (Fsp3) is 0.261. The molecule has 1 aliphatic rings. The van der Waals surface area contributed by atoms with Gasteiger partial charge in [0.1, 0.15) is 0 Å². The normalized spacial score (nSPS) is 14.5. The van der Waals surface area contributed by atoms with Crippen LogP contribution in [0, 0.1) is 0 Å². The van der Waals surface area contributed by atoms with Crippen molar-refractivity contribution < 1.29 is 14.3 Å². The van der Waals surface area contributed by atoms with E-state index in [0.29, 0.717) is 22.2 Å². The number of methoxy groups -OCH3 is 1. The summed E-state index contributed by atoms with van der Waals surface area (Å²) in [6.07, 6.45) is 7.50. The zero-order chi connectivity index (χ0) is 20.6. The Labute approximate surface area is 176 Å². The molecule has 1 N–H and O–H groups in total. The van der Waals surface area contributed by atoms with Crippen LogP contribution >= 0.6 is 11.6 Å². The average molecular weight is 413 g/mol. The van der Waals surface area contributed by atoms with E-state index in [4.69, 9.17) is 21.1 Å². The van der Waals surface area contributed by atoms with Crippen LogP contribution in [0.25, 0.3) is 6.08 Å². The number of nitrogens with one attached hydrogen (secondary N) is 1. The van der Waals surface area contributed by atoms with Crippen molar-refractivity contribution in [2.75, 3.05) is 39.2 Å². The molecule has 2 aromatic carbocycles. The fourth-order valence-electron chi connectivity index (χ4n) is 2.95. The molecule has 0 fully saturated rings. The van der Waals surface area contributed by atoms with Gasteiger partial charge in [0.15, 0.2) is 18.1 Å². The first-order chi connectivity index (χ1) is 14.0. The Kier molecular flexibility index (Phi) is 7.33. The van der Waals surface area contributed by atoms with Gasteiger partial charge in [-0.05, 0) is 54.9 Å². The summed E-state index contributed by atoms with van der Waals surface area (Å²) in [5.74, 6) is 0.831. The zero-order valence-corrected chi connectivity index (χ0v) is 17.4. The molecular formula is C23H25ClN2O3. The van der Waals surface area contributed by atoms with E-state index in [9.17, 15) is 4.79 Å². The Morgan fingerprint density at radius 2 is 2.07 bits per heavy atom. The number of hydrogen-bond acceptors (Lipinski definition) is 4. The molecule has 0 atom stereocenters. The minimum absolute atomic E-state index is 0.127. The molecule has 0 aromatic heterocycles. The van der Waals surface area contributed by atoms with Gasteiger partial charge in [0.25, 0.3) is 5.91 Å². The van der Waals surface area contributed by atoms with Crippen LogP contribution in [-0.2, 0) is 4.79 Å². The van der Waals surface area contributed by atoms with Gasteiger partial charge in [-0.15, -0.1) is 0 Å². The summed E-state index contributed by atoms with van der Waals surface area (Å²) < 4.78 is 11.1. The fourth-order valence-corrected chi connectivity index (χ4v) is 3.15. The van der Waals surface area contributed by atoms with Gasteiger partial charge < -0.3 is 19.7 Å². The minimum Gasteiger partial charge on any atom is -0.493 e. The highest BCUT2D eigenvalue weighted by atomic mass is 35.5. The first-order valence-corrected chi connectivity index (χ1v) is 9.83. The maximum atomic E-state index is 12.1. The summed E-state index contributed by atoms with van der Waals surface area (Å²) >= 11 is 5.93. The van der Waals surface area contributed by atoms with Crippen molar-refractivity contribution >= 4 is 29.3 Å². The van der Waals surface area contributed by atoms with Gasteiger partial charge in [-0.25, -0.2) is 0 Å². The Morgan fingerprint density at radius 1 is 1.21 bits per heavy atom. The van der Waals surface area contributed by atoms with E-state index in [2.05, 4.69) is 35.5 Å². The zero-order valence-electron chi connectivity index (χ0n) is 16.7. The third-order valence-corrected chi connectivity index (χ3v) is 4.83. The Balaban J connectivity index is 1.59. The van der Waals surface area contributed by atoms with Crippen molar-refractivity contribution in [3.63, 3.8) is 0 Å². The van der Waals surface area contributed by atoms with Crippen LogP contribution in [0.3, 0.4) is 0 Å². The monoisotopic (exact) mass is 412 g/mol. The summed E-state index contributed by atoms with van der Waals surface area (Å²) in [4.78, 5) is 14.4. The number of rotatable bonds is 7. The highest BCUT2D eigenvalue weighted by Crippen LogP contribution is 2.29. The Hall–Kier alpha value is -2.76. The van der Waals surface area contributed by atoms with Crippen molar-refractivity contribution in [1.29, 1.82) is 0 Å². The molecule has 29 heavy (non-hydrogen) atoms. The lowest BCUT2D eigenvalue weighted by atomic mass is 10.1. The van der Waals surface area contributed by atoms with Crippen molar-refractivity contribution in [2.45, 2.75) is 6.42 Å². The van der Waals surface area contributed by atoms with E-state index < -0.39 is 0 Å². The van der Waals surface area contributed by atoms with Crippen LogP contribution in [0.5, 0.6) is 11.5 Å². The second-order valence-electron chi connectivity index (χ2n) is 6.88. The van der Waals surface area contributed by atoms with Crippen molar-refractivity contribution in [1.82, 2.24) is 4.90 Å². The van der Waals surface area contributed by atoms with Crippen LogP contribution < -0.4 is 14.8 Å². The van der Waals surface area contributed by atoms with Gasteiger partial charge in [0, 0.05) is 23.8 Å². The first-order valence-electron chi connectivity index (χ1n) is 9.45. The molecule has 1 amide bonds. The number of benzene rings is 2. The van der Waals surface area contributed by atoms with Crippen molar-refractivity contribution in [3.05, 3.63) is 70.8 Å². The van der Waals surface area contributed by atoms with Crippen LogP contribution in [-0.4, -0.2) is 44.7 Å². The van der Waals surface area contributed by atoms with Gasteiger partial charge >= 0.3 is 0 Å². The second-order valence-corrected chi connectivity index (χ2v) is 7.32. The maximum Gasteiger partial charge on any atom is 0.262 e. The molecule has 0 unspecified atom stereocenters. The van der Waals surface area contributed by atoms with E-state index >= 15 is 0 Å². The average Bonchev–Trinajstić information content (AvgIpc) is 2.72. The van der Waals surface area contributed by atoms with Crippen LogP contribution in [0.15, 0.2) is 60.2 Å². The summed E-state index contributed by atoms with van der Waals surface area (Å²) in [5.41, 5.74) is 2.97. The largest absolute Gasteiger partial charge is 0.493 e. The number of nitrogens with zero attached hydrogens (tertiary/aromatic N) is 1. The second kappa shape index (κ2) is 10.1. The minimum atomic E-state index is -0.271. The number of allylic oxidation sites excluding steroid dienone is 1. The van der Waals surface area contributed by atoms with Crippen molar-refractivity contribution in [2.24, 2.45) is 0 Å². The molecule has 152 valence electrons. The van der Waals surface area contributed by atoms with Crippen LogP contribution in [0.2, 0.25) is 5.02 Å². The maximum absolute atomic E-state index is 12.1. The topological polar surface area (TPSA) is 50.8 Å². The molecule has 2 aromatic rings. The number of hydrogen-bond donors (Lipinski definition) is 1. The lowest BCUT2D eigenvalue weighted by Crippen LogP contribution is -2.23. The quantitative estimate of drug-likeness (QED) is 0.719. The standard InChI is InChI=1S/C23H25ClN2O3/c1-26-12-10-17(11-13-26)6-7-18-8-9-21(22(14-18)28-2)29-16-23(27)25-20-5-3-4-19(24)15-20/h3-10,14-15H,11-13,16H2,1-2H3,(H,25,27)/b7-6+. The predicted molar refractivity (Wildman–Crippen MR) is 118 cm³/mol. The summed E-state index contributed by atoms with van der Waals surface area (Å²) in [6, 6.07) is 12.6. The van der Waals surface area contributed by atoms with E-state index in [0.717, 1.165) is 25.1 Å². The number of ether oxygens (including phenoxy) is 2. The number of halogens is 1. The lowest BCUT2D eigenvalue weighted by Gasteiger charge is -2.20. The molecule has 0 saturated carbocycles. The summed E-state index contributed by atoms with van der Waals surface area (Å²) in [6.45, 7) is 1.93. The number of anilines is 1. The molecule has 3 rings (SSSR count). The van der Waals surface area contributed by atoms with E-state index in [1.54, 1.807) is 31.4 Å². The molecule has 0 bridgehead atoms. The molecular weight excluding hydrogens is 388 g/mol. The van der Waals surface area contributed by atoms with Crippen LogP contribution in [0.1, 0.15) is 12.0 Å². The molecule has 6 heteroatoms. The number of carbonyl (C=O) groups excluding carboxylic acids is 1. The van der Waals surface area contributed by atoms with E-state index in [-0.39, 0.29) is 12.5 Å². The lowest BCUT2D eigenvalue weighted by molar-refractivity contribution is -0.118. The molecule has 1 heterocycles. The smallest absolute Gasteiger partial charge is 0.262 e. The number of amides is 1. The number of carbonyl (C=O) groups is 1. The third kappa shape index (κ3) is 6.38. The Morgan fingerprint density at radius 3 is 2.79 bits per heavy atom. The molecule has 1 aliphatic heterocycles. The Bertz CT molecular complexity index is 924.